The number of hydrogen-bond donors (Lipinski definition) is 2. The number of benzene rings is 2. The van der Waals surface area contributed by atoms with E-state index in [0.29, 0.717) is 11.1 Å². The van der Waals surface area contributed by atoms with Crippen LogP contribution in [0.1, 0.15) is 11.3 Å². The molecule has 124 valence electrons. The Kier molecular flexibility index (Phi) is 4.23. The van der Waals surface area contributed by atoms with Crippen molar-refractivity contribution in [1.29, 1.82) is 5.26 Å². The minimum atomic E-state index is -0.680. The van der Waals surface area contributed by atoms with Gasteiger partial charge in [0.05, 0.1) is 5.52 Å². The van der Waals surface area contributed by atoms with Crippen LogP contribution in [0.3, 0.4) is 0 Å². The Morgan fingerprint density at radius 3 is 2.72 bits per heavy atom. The quantitative estimate of drug-likeness (QED) is 0.437. The Morgan fingerprint density at radius 2 is 2.00 bits per heavy atom. The first-order valence-corrected chi connectivity index (χ1v) is 7.64. The summed E-state index contributed by atoms with van der Waals surface area (Å²) in [5, 5.41) is 27.4. The van der Waals surface area contributed by atoms with Gasteiger partial charge in [-0.3, -0.25) is 9.48 Å². The van der Waals surface area contributed by atoms with Gasteiger partial charge in [-0.05, 0) is 30.7 Å². The van der Waals surface area contributed by atoms with Crippen LogP contribution in [0.5, 0.6) is 0 Å². The van der Waals surface area contributed by atoms with Crippen molar-refractivity contribution in [3.8, 4) is 6.07 Å². The first-order chi connectivity index (χ1) is 12.0. The van der Waals surface area contributed by atoms with E-state index < -0.39 is 11.7 Å². The molecule has 3 rings (SSSR count). The van der Waals surface area contributed by atoms with Gasteiger partial charge in [-0.15, -0.1) is 0 Å². The summed E-state index contributed by atoms with van der Waals surface area (Å²) >= 11 is 0. The van der Waals surface area contributed by atoms with Crippen molar-refractivity contribution < 1.29 is 9.90 Å². The highest BCUT2D eigenvalue weighted by molar-refractivity contribution is 6.12. The Labute approximate surface area is 144 Å². The zero-order valence-corrected chi connectivity index (χ0v) is 13.8. The lowest BCUT2D eigenvalue weighted by Gasteiger charge is -2.06. The zero-order valence-electron chi connectivity index (χ0n) is 13.8. The Hall–Kier alpha value is -3.59. The van der Waals surface area contributed by atoms with Crippen molar-refractivity contribution in [1.82, 2.24) is 9.78 Å². The van der Waals surface area contributed by atoms with Gasteiger partial charge in [-0.25, -0.2) is 0 Å². The SMILES string of the molecule is Cc1cccc(NC(=O)/C(C#N)=C(\O)c2nn(C)c3ccccc23)c1. The van der Waals surface area contributed by atoms with E-state index in [1.54, 1.807) is 48.1 Å². The lowest BCUT2D eigenvalue weighted by atomic mass is 10.1. The van der Waals surface area contributed by atoms with Crippen LogP contribution in [-0.2, 0) is 11.8 Å². The molecular formula is C19H16N4O2. The van der Waals surface area contributed by atoms with Crippen LogP contribution in [0.15, 0.2) is 54.1 Å². The molecule has 0 saturated carbocycles. The van der Waals surface area contributed by atoms with Crippen LogP contribution in [-0.4, -0.2) is 20.8 Å². The van der Waals surface area contributed by atoms with Crippen molar-refractivity contribution >= 4 is 28.3 Å². The maximum Gasteiger partial charge on any atom is 0.270 e. The van der Waals surface area contributed by atoms with E-state index in [9.17, 15) is 15.2 Å². The average Bonchev–Trinajstić information content (AvgIpc) is 2.93. The number of rotatable bonds is 3. The Bertz CT molecular complexity index is 1040. The van der Waals surface area contributed by atoms with E-state index in [2.05, 4.69) is 10.4 Å². The van der Waals surface area contributed by atoms with Crippen molar-refractivity contribution in [2.24, 2.45) is 7.05 Å². The monoisotopic (exact) mass is 332 g/mol. The van der Waals surface area contributed by atoms with Crippen LogP contribution in [0.2, 0.25) is 0 Å². The topological polar surface area (TPSA) is 90.9 Å². The van der Waals surface area contributed by atoms with Crippen molar-refractivity contribution in [2.75, 3.05) is 5.32 Å². The molecule has 2 aromatic carbocycles. The van der Waals surface area contributed by atoms with Crippen molar-refractivity contribution in [2.45, 2.75) is 6.92 Å². The lowest BCUT2D eigenvalue weighted by molar-refractivity contribution is -0.112. The highest BCUT2D eigenvalue weighted by Crippen LogP contribution is 2.25. The molecule has 1 heterocycles. The number of anilines is 1. The number of para-hydroxylation sites is 1. The molecule has 3 aromatic rings. The van der Waals surface area contributed by atoms with Gasteiger partial charge >= 0.3 is 0 Å². The second-order valence-electron chi connectivity index (χ2n) is 5.65. The number of carbonyl (C=O) groups is 1. The van der Waals surface area contributed by atoms with Crippen LogP contribution >= 0.6 is 0 Å². The average molecular weight is 332 g/mol. The molecule has 0 bridgehead atoms. The van der Waals surface area contributed by atoms with E-state index in [1.807, 2.05) is 25.1 Å². The minimum absolute atomic E-state index is 0.203. The van der Waals surface area contributed by atoms with Crippen LogP contribution < -0.4 is 5.32 Å². The third-order valence-corrected chi connectivity index (χ3v) is 3.83. The van der Waals surface area contributed by atoms with Gasteiger partial charge in [-0.1, -0.05) is 30.3 Å². The van der Waals surface area contributed by atoms with Gasteiger partial charge in [0.25, 0.3) is 5.91 Å². The molecule has 0 atom stereocenters. The van der Waals surface area contributed by atoms with E-state index in [1.165, 1.54) is 0 Å². The number of fused-ring (bicyclic) bond motifs is 1. The first kappa shape index (κ1) is 16.3. The molecule has 0 aliphatic carbocycles. The number of aliphatic hydroxyl groups excluding tert-OH is 1. The molecule has 0 aliphatic rings. The third kappa shape index (κ3) is 3.08. The van der Waals surface area contributed by atoms with Crippen LogP contribution in [0.25, 0.3) is 16.7 Å². The summed E-state index contributed by atoms with van der Waals surface area (Å²) in [4.78, 5) is 12.4. The zero-order chi connectivity index (χ0) is 18.0. The maximum absolute atomic E-state index is 12.4. The molecule has 1 aromatic heterocycles. The van der Waals surface area contributed by atoms with Crippen LogP contribution in [0.4, 0.5) is 5.69 Å². The molecule has 0 fully saturated rings. The van der Waals surface area contributed by atoms with E-state index in [0.717, 1.165) is 11.1 Å². The number of nitriles is 1. The second-order valence-corrected chi connectivity index (χ2v) is 5.65. The summed E-state index contributed by atoms with van der Waals surface area (Å²) in [5.41, 5.74) is 2.14. The summed E-state index contributed by atoms with van der Waals surface area (Å²) in [5.74, 6) is -1.12. The number of nitrogens with one attached hydrogen (secondary N) is 1. The number of aliphatic hydroxyl groups is 1. The summed E-state index contributed by atoms with van der Waals surface area (Å²) in [6, 6.07) is 16.2. The lowest BCUT2D eigenvalue weighted by Crippen LogP contribution is -2.15. The number of aromatic nitrogens is 2. The molecule has 0 radical (unpaired) electrons. The molecular weight excluding hydrogens is 316 g/mol. The molecule has 0 saturated heterocycles. The highest BCUT2D eigenvalue weighted by Gasteiger charge is 2.21. The minimum Gasteiger partial charge on any atom is -0.504 e. The number of carbonyl (C=O) groups excluding carboxylic acids is 1. The fourth-order valence-electron chi connectivity index (χ4n) is 2.63. The third-order valence-electron chi connectivity index (χ3n) is 3.83. The fraction of sp³-hybridized carbons (Fsp3) is 0.105. The summed E-state index contributed by atoms with van der Waals surface area (Å²) < 4.78 is 1.59. The predicted octanol–water partition coefficient (Wildman–Crippen LogP) is 3.31. The highest BCUT2D eigenvalue weighted by atomic mass is 16.3. The predicted molar refractivity (Wildman–Crippen MR) is 95.7 cm³/mol. The Balaban J connectivity index is 2.03. The molecule has 1 amide bonds. The summed E-state index contributed by atoms with van der Waals surface area (Å²) in [6.07, 6.45) is 0. The molecule has 0 unspecified atom stereocenters. The standard InChI is InChI=1S/C19H16N4O2/c1-12-6-5-7-13(10-12)21-19(25)15(11-20)18(24)17-14-8-3-4-9-16(14)23(2)22-17/h3-10,24H,1-2H3,(H,21,25)/b18-15-. The van der Waals surface area contributed by atoms with Crippen LogP contribution in [0, 0.1) is 18.3 Å². The van der Waals surface area contributed by atoms with Gasteiger partial charge in [0, 0.05) is 18.1 Å². The molecule has 6 nitrogen and oxygen atoms in total. The van der Waals surface area contributed by atoms with E-state index in [-0.39, 0.29) is 11.3 Å². The summed E-state index contributed by atoms with van der Waals surface area (Å²) in [6.45, 7) is 1.90. The molecule has 6 heteroatoms. The van der Waals surface area contributed by atoms with Gasteiger partial charge < -0.3 is 10.4 Å². The second kappa shape index (κ2) is 6.49. The Morgan fingerprint density at radius 1 is 1.24 bits per heavy atom. The van der Waals surface area contributed by atoms with Gasteiger partial charge in [-0.2, -0.15) is 10.4 Å². The number of amides is 1. The van der Waals surface area contributed by atoms with E-state index >= 15 is 0 Å². The smallest absolute Gasteiger partial charge is 0.270 e. The van der Waals surface area contributed by atoms with Crippen molar-refractivity contribution in [3.63, 3.8) is 0 Å². The summed E-state index contributed by atoms with van der Waals surface area (Å²) in [7, 11) is 1.73. The number of nitrogens with zero attached hydrogens (tertiary/aromatic N) is 3. The maximum atomic E-state index is 12.4. The molecule has 25 heavy (non-hydrogen) atoms. The first-order valence-electron chi connectivity index (χ1n) is 7.64. The molecule has 2 N–H and O–H groups in total. The van der Waals surface area contributed by atoms with E-state index in [4.69, 9.17) is 0 Å². The van der Waals surface area contributed by atoms with Crippen molar-refractivity contribution in [3.05, 3.63) is 65.4 Å². The van der Waals surface area contributed by atoms with Gasteiger partial charge in [0.15, 0.2) is 11.3 Å². The van der Waals surface area contributed by atoms with Gasteiger partial charge in [0.1, 0.15) is 11.8 Å². The molecule has 0 aliphatic heterocycles. The normalized spacial score (nSPS) is 11.7. The molecule has 0 spiro atoms. The van der Waals surface area contributed by atoms with Gasteiger partial charge in [0.2, 0.25) is 0 Å². The number of hydrogen-bond acceptors (Lipinski definition) is 4. The largest absolute Gasteiger partial charge is 0.504 e. The fourth-order valence-corrected chi connectivity index (χ4v) is 2.63. The number of aryl methyl sites for hydroxylation is 2.